The van der Waals surface area contributed by atoms with E-state index in [1.165, 1.54) is 6.20 Å². The number of carbonyl (C=O) groups is 1. The number of aromatic amines is 1. The first-order chi connectivity index (χ1) is 11.8. The molecule has 2 fully saturated rings. The molecular weight excluding hydrogens is 308 g/mol. The molecule has 0 bridgehead atoms. The minimum atomic E-state index is -0.0797. The van der Waals surface area contributed by atoms with Gasteiger partial charge in [0.15, 0.2) is 0 Å². The number of hydrogen-bond donors (Lipinski definition) is 2. The molecule has 1 saturated heterocycles. The Hall–Kier alpha value is -2.48. The first-order valence-corrected chi connectivity index (χ1v) is 8.24. The van der Waals surface area contributed by atoms with Crippen molar-refractivity contribution in [2.24, 2.45) is 0 Å². The molecule has 0 radical (unpaired) electrons. The van der Waals surface area contributed by atoms with E-state index in [1.54, 1.807) is 12.5 Å². The summed E-state index contributed by atoms with van der Waals surface area (Å²) in [6.07, 6.45) is 6.58. The zero-order valence-electron chi connectivity index (χ0n) is 13.3. The van der Waals surface area contributed by atoms with Crippen molar-refractivity contribution in [2.45, 2.75) is 24.8 Å². The van der Waals surface area contributed by atoms with Crippen molar-refractivity contribution in [1.29, 1.82) is 0 Å². The van der Waals surface area contributed by atoms with Crippen LogP contribution in [0.15, 0.2) is 24.8 Å². The van der Waals surface area contributed by atoms with Gasteiger partial charge in [0.1, 0.15) is 12.1 Å². The summed E-state index contributed by atoms with van der Waals surface area (Å²) >= 11 is 0. The Labute approximate surface area is 139 Å². The summed E-state index contributed by atoms with van der Waals surface area (Å²) in [5.41, 5.74) is 1.62. The molecule has 4 rings (SSSR count). The molecule has 1 aliphatic carbocycles. The smallest absolute Gasteiger partial charge is 0.254 e. The normalized spacial score (nSPS) is 23.6. The van der Waals surface area contributed by atoms with Crippen LogP contribution in [-0.2, 0) is 4.74 Å². The van der Waals surface area contributed by atoms with Gasteiger partial charge in [0.05, 0.1) is 25.0 Å². The molecule has 2 N–H and O–H groups in total. The Balaban J connectivity index is 1.34. The summed E-state index contributed by atoms with van der Waals surface area (Å²) in [5.74, 6) is 1.26. The Kier molecular flexibility index (Phi) is 4.12. The number of anilines is 1. The van der Waals surface area contributed by atoms with Gasteiger partial charge in [-0.3, -0.25) is 9.89 Å². The van der Waals surface area contributed by atoms with Crippen molar-refractivity contribution in [1.82, 2.24) is 25.5 Å². The van der Waals surface area contributed by atoms with E-state index in [9.17, 15) is 4.79 Å². The predicted molar refractivity (Wildman–Crippen MR) is 86.9 cm³/mol. The van der Waals surface area contributed by atoms with Crippen LogP contribution in [0.4, 0.5) is 5.82 Å². The van der Waals surface area contributed by atoms with Gasteiger partial charge in [-0.05, 0) is 12.8 Å². The largest absolute Gasteiger partial charge is 0.378 e. The summed E-state index contributed by atoms with van der Waals surface area (Å²) in [5, 5.41) is 9.47. The number of H-pyrrole nitrogens is 1. The minimum Gasteiger partial charge on any atom is -0.378 e. The summed E-state index contributed by atoms with van der Waals surface area (Å²) in [7, 11) is 0. The van der Waals surface area contributed by atoms with Gasteiger partial charge in [-0.1, -0.05) is 0 Å². The number of morpholine rings is 1. The molecular formula is C16H20N6O2. The fourth-order valence-electron chi connectivity index (χ4n) is 3.17. The molecule has 126 valence electrons. The average molecular weight is 328 g/mol. The first kappa shape index (κ1) is 15.1. The van der Waals surface area contributed by atoms with Crippen LogP contribution in [0, 0.1) is 0 Å². The Bertz CT molecular complexity index is 692. The van der Waals surface area contributed by atoms with Gasteiger partial charge < -0.3 is 15.0 Å². The quantitative estimate of drug-likeness (QED) is 0.858. The van der Waals surface area contributed by atoms with E-state index < -0.39 is 0 Å². The lowest BCUT2D eigenvalue weighted by Gasteiger charge is -2.36. The fourth-order valence-corrected chi connectivity index (χ4v) is 3.17. The van der Waals surface area contributed by atoms with E-state index in [-0.39, 0.29) is 11.9 Å². The number of aromatic nitrogens is 4. The zero-order chi connectivity index (χ0) is 16.4. The maximum atomic E-state index is 12.0. The third kappa shape index (κ3) is 3.09. The molecule has 1 aliphatic heterocycles. The van der Waals surface area contributed by atoms with Gasteiger partial charge in [0, 0.05) is 43.0 Å². The van der Waals surface area contributed by atoms with Crippen molar-refractivity contribution in [3.63, 3.8) is 0 Å². The molecule has 0 spiro atoms. The second kappa shape index (κ2) is 6.56. The molecule has 2 aliphatic rings. The van der Waals surface area contributed by atoms with Gasteiger partial charge >= 0.3 is 0 Å². The highest BCUT2D eigenvalue weighted by Gasteiger charge is 2.33. The van der Waals surface area contributed by atoms with Crippen LogP contribution in [0.2, 0.25) is 0 Å². The molecule has 0 atom stereocenters. The average Bonchev–Trinajstić information content (AvgIpc) is 3.13. The highest BCUT2D eigenvalue weighted by molar-refractivity contribution is 5.93. The Morgan fingerprint density at radius 1 is 1.29 bits per heavy atom. The summed E-state index contributed by atoms with van der Waals surface area (Å²) in [6, 6.07) is 2.27. The van der Waals surface area contributed by atoms with Crippen LogP contribution in [-0.4, -0.2) is 58.4 Å². The van der Waals surface area contributed by atoms with Crippen molar-refractivity contribution in [3.05, 3.63) is 36.0 Å². The number of amides is 1. The third-order valence-electron chi connectivity index (χ3n) is 4.66. The number of hydrogen-bond acceptors (Lipinski definition) is 6. The van der Waals surface area contributed by atoms with Gasteiger partial charge in [-0.15, -0.1) is 0 Å². The van der Waals surface area contributed by atoms with E-state index in [0.717, 1.165) is 50.7 Å². The Morgan fingerprint density at radius 2 is 2.12 bits per heavy atom. The topological polar surface area (TPSA) is 96.0 Å². The number of rotatable bonds is 4. The number of ether oxygens (including phenoxy) is 1. The monoisotopic (exact) mass is 328 g/mol. The molecule has 8 heteroatoms. The molecule has 24 heavy (non-hydrogen) atoms. The van der Waals surface area contributed by atoms with Gasteiger partial charge in [-0.25, -0.2) is 9.97 Å². The fraction of sp³-hybridized carbons (Fsp3) is 0.500. The molecule has 1 saturated carbocycles. The second-order valence-corrected chi connectivity index (χ2v) is 6.23. The predicted octanol–water partition coefficient (Wildman–Crippen LogP) is 0.712. The standard InChI is InChI=1S/C16H20N6O2/c23-16(12-8-19-20-9-12)21-13-5-11(6-13)14-7-15(18-10-17-14)22-1-3-24-4-2-22/h7-11,13H,1-6H2,(H,19,20)(H,21,23). The van der Waals surface area contributed by atoms with Crippen LogP contribution >= 0.6 is 0 Å². The van der Waals surface area contributed by atoms with E-state index in [1.807, 2.05) is 0 Å². The van der Waals surface area contributed by atoms with Crippen molar-refractivity contribution >= 4 is 11.7 Å². The Morgan fingerprint density at radius 3 is 2.88 bits per heavy atom. The highest BCUT2D eigenvalue weighted by Crippen LogP contribution is 2.36. The third-order valence-corrected chi connectivity index (χ3v) is 4.66. The van der Waals surface area contributed by atoms with Crippen LogP contribution in [0.3, 0.4) is 0 Å². The summed E-state index contributed by atoms with van der Waals surface area (Å²) in [6.45, 7) is 3.21. The summed E-state index contributed by atoms with van der Waals surface area (Å²) in [4.78, 5) is 23.0. The van der Waals surface area contributed by atoms with Crippen molar-refractivity contribution in [2.75, 3.05) is 31.2 Å². The maximum absolute atomic E-state index is 12.0. The SMILES string of the molecule is O=C(NC1CC(c2cc(N3CCOCC3)ncn2)C1)c1cn[nH]c1. The lowest BCUT2D eigenvalue weighted by Crippen LogP contribution is -2.43. The molecule has 1 amide bonds. The number of carbonyl (C=O) groups excluding carboxylic acids is 1. The molecule has 0 unspecified atom stereocenters. The number of nitrogens with one attached hydrogen (secondary N) is 2. The molecule has 2 aromatic heterocycles. The zero-order valence-corrected chi connectivity index (χ0v) is 13.3. The van der Waals surface area contributed by atoms with Crippen LogP contribution in [0.5, 0.6) is 0 Å². The van der Waals surface area contributed by atoms with E-state index in [2.05, 4.69) is 36.4 Å². The van der Waals surface area contributed by atoms with Gasteiger partial charge in [0.2, 0.25) is 0 Å². The minimum absolute atomic E-state index is 0.0797. The van der Waals surface area contributed by atoms with Gasteiger partial charge in [-0.2, -0.15) is 5.10 Å². The molecule has 3 heterocycles. The molecule has 0 aromatic carbocycles. The van der Waals surface area contributed by atoms with Crippen molar-refractivity contribution in [3.8, 4) is 0 Å². The summed E-state index contributed by atoms with van der Waals surface area (Å²) < 4.78 is 5.38. The van der Waals surface area contributed by atoms with E-state index >= 15 is 0 Å². The van der Waals surface area contributed by atoms with Crippen LogP contribution in [0.1, 0.15) is 34.8 Å². The van der Waals surface area contributed by atoms with Crippen molar-refractivity contribution < 1.29 is 9.53 Å². The second-order valence-electron chi connectivity index (χ2n) is 6.23. The molecule has 2 aromatic rings. The maximum Gasteiger partial charge on any atom is 0.254 e. The lowest BCUT2D eigenvalue weighted by atomic mass is 9.78. The molecule has 8 nitrogen and oxygen atoms in total. The van der Waals surface area contributed by atoms with Crippen LogP contribution in [0.25, 0.3) is 0 Å². The lowest BCUT2D eigenvalue weighted by molar-refractivity contribution is 0.0908. The van der Waals surface area contributed by atoms with Crippen LogP contribution < -0.4 is 10.2 Å². The first-order valence-electron chi connectivity index (χ1n) is 8.24. The van der Waals surface area contributed by atoms with E-state index in [0.29, 0.717) is 11.5 Å². The van der Waals surface area contributed by atoms with Gasteiger partial charge in [0.25, 0.3) is 5.91 Å². The number of nitrogens with zero attached hydrogens (tertiary/aromatic N) is 4. The highest BCUT2D eigenvalue weighted by atomic mass is 16.5. The van der Waals surface area contributed by atoms with E-state index in [4.69, 9.17) is 4.74 Å².